The van der Waals surface area contributed by atoms with Gasteiger partial charge in [-0.15, -0.1) is 11.3 Å². The molecule has 7 heteroatoms. The number of hydrogen-bond donors (Lipinski definition) is 2. The Hall–Kier alpha value is -1.73. The number of carbonyl (C=O) groups is 1. The van der Waals surface area contributed by atoms with Gasteiger partial charge in [-0.2, -0.15) is 5.10 Å². The van der Waals surface area contributed by atoms with Crippen LogP contribution < -0.4 is 10.6 Å². The van der Waals surface area contributed by atoms with Crippen molar-refractivity contribution >= 4 is 22.2 Å². The number of nitrogens with zero attached hydrogens (tertiary/aromatic N) is 3. The number of piperidine rings is 1. The van der Waals surface area contributed by atoms with Crippen LogP contribution in [0.15, 0.2) is 12.3 Å². The molecule has 1 amide bonds. The molecule has 1 saturated heterocycles. The molecule has 0 aliphatic carbocycles. The lowest BCUT2D eigenvalue weighted by Crippen LogP contribution is -2.32. The van der Waals surface area contributed by atoms with Crippen molar-refractivity contribution in [1.29, 1.82) is 0 Å². The Kier molecular flexibility index (Phi) is 5.30. The summed E-state index contributed by atoms with van der Waals surface area (Å²) in [6.07, 6.45) is 5.01. The number of nitrogens with one attached hydrogen (secondary N) is 2. The van der Waals surface area contributed by atoms with Crippen LogP contribution in [0.25, 0.3) is 0 Å². The molecule has 1 aliphatic rings. The van der Waals surface area contributed by atoms with Crippen molar-refractivity contribution in [2.75, 3.05) is 18.4 Å². The highest BCUT2D eigenvalue weighted by molar-refractivity contribution is 7.16. The van der Waals surface area contributed by atoms with Crippen LogP contribution in [0.4, 0.5) is 5.00 Å². The minimum Gasteiger partial charge on any atom is -0.315 e. The maximum absolute atomic E-state index is 12.5. The first-order valence-electron chi connectivity index (χ1n) is 8.56. The molecular weight excluding hydrogens is 322 g/mol. The van der Waals surface area contributed by atoms with Crippen LogP contribution in [0.2, 0.25) is 0 Å². The smallest absolute Gasteiger partial charge is 0.276 e. The molecule has 0 spiro atoms. The fourth-order valence-electron chi connectivity index (χ4n) is 2.98. The number of aryl methyl sites for hydroxylation is 1. The van der Waals surface area contributed by atoms with Gasteiger partial charge < -0.3 is 10.6 Å². The highest BCUT2D eigenvalue weighted by atomic mass is 32.1. The Morgan fingerprint density at radius 2 is 2.38 bits per heavy atom. The Balaban J connectivity index is 1.70. The average molecular weight is 347 g/mol. The molecule has 0 saturated carbocycles. The van der Waals surface area contributed by atoms with E-state index < -0.39 is 0 Å². The molecule has 0 aromatic carbocycles. The van der Waals surface area contributed by atoms with E-state index in [1.165, 1.54) is 11.3 Å². The molecule has 1 atom stereocenters. The van der Waals surface area contributed by atoms with Crippen molar-refractivity contribution in [2.45, 2.75) is 46.1 Å². The normalized spacial score (nSPS) is 18.1. The number of aromatic nitrogens is 3. The van der Waals surface area contributed by atoms with Crippen molar-refractivity contribution < 1.29 is 4.79 Å². The molecule has 2 N–H and O–H groups in total. The molecule has 24 heavy (non-hydrogen) atoms. The first-order chi connectivity index (χ1) is 11.5. The van der Waals surface area contributed by atoms with E-state index in [1.807, 2.05) is 17.8 Å². The quantitative estimate of drug-likeness (QED) is 0.872. The van der Waals surface area contributed by atoms with Crippen LogP contribution in [-0.4, -0.2) is 33.8 Å². The molecule has 1 aliphatic heterocycles. The topological polar surface area (TPSA) is 71.8 Å². The highest BCUT2D eigenvalue weighted by Crippen LogP contribution is 2.27. The fourth-order valence-corrected chi connectivity index (χ4v) is 3.82. The molecular formula is C17H25N5OS. The minimum absolute atomic E-state index is 0.161. The van der Waals surface area contributed by atoms with Crippen molar-refractivity contribution in [3.05, 3.63) is 28.7 Å². The molecule has 1 unspecified atom stereocenters. The second-order valence-corrected chi connectivity index (χ2v) is 7.95. The monoisotopic (exact) mass is 347 g/mol. The van der Waals surface area contributed by atoms with Crippen LogP contribution in [-0.2, 0) is 6.42 Å². The van der Waals surface area contributed by atoms with Crippen LogP contribution >= 0.6 is 11.3 Å². The van der Waals surface area contributed by atoms with E-state index in [2.05, 4.69) is 34.6 Å². The lowest BCUT2D eigenvalue weighted by atomic mass is 10.1. The first kappa shape index (κ1) is 17.1. The van der Waals surface area contributed by atoms with Crippen molar-refractivity contribution in [1.82, 2.24) is 20.1 Å². The average Bonchev–Trinajstić information content (AvgIpc) is 3.15. The number of anilines is 1. The van der Waals surface area contributed by atoms with Gasteiger partial charge in [0.25, 0.3) is 5.91 Å². The van der Waals surface area contributed by atoms with E-state index in [4.69, 9.17) is 0 Å². The van der Waals surface area contributed by atoms with Gasteiger partial charge >= 0.3 is 0 Å². The lowest BCUT2D eigenvalue weighted by Gasteiger charge is -2.22. The molecule has 0 bridgehead atoms. The maximum atomic E-state index is 12.5. The molecule has 2 aromatic rings. The highest BCUT2D eigenvalue weighted by Gasteiger charge is 2.19. The number of carbonyl (C=O) groups excluding carboxylic acids is 1. The fraction of sp³-hybridized carbons (Fsp3) is 0.588. The largest absolute Gasteiger partial charge is 0.315 e. The predicted molar refractivity (Wildman–Crippen MR) is 96.7 cm³/mol. The van der Waals surface area contributed by atoms with E-state index in [-0.39, 0.29) is 5.91 Å². The Labute approximate surface area is 146 Å². The van der Waals surface area contributed by atoms with Gasteiger partial charge in [-0.1, -0.05) is 13.8 Å². The van der Waals surface area contributed by atoms with Crippen LogP contribution in [0.1, 0.15) is 53.9 Å². The van der Waals surface area contributed by atoms with Crippen molar-refractivity contribution in [3.8, 4) is 0 Å². The summed E-state index contributed by atoms with van der Waals surface area (Å²) in [5.41, 5.74) is 1.43. The van der Waals surface area contributed by atoms with Gasteiger partial charge in [-0.3, -0.25) is 9.48 Å². The second-order valence-electron chi connectivity index (χ2n) is 6.74. The van der Waals surface area contributed by atoms with Crippen LogP contribution in [0, 0.1) is 12.8 Å². The van der Waals surface area contributed by atoms with E-state index in [1.54, 1.807) is 6.07 Å². The van der Waals surface area contributed by atoms with Gasteiger partial charge in [-0.05, 0) is 44.7 Å². The molecule has 1 fully saturated rings. The Morgan fingerprint density at radius 3 is 3.08 bits per heavy atom. The first-order valence-corrected chi connectivity index (χ1v) is 9.38. The number of amides is 1. The molecule has 3 heterocycles. The third kappa shape index (κ3) is 4.02. The van der Waals surface area contributed by atoms with E-state index in [0.717, 1.165) is 48.1 Å². The minimum atomic E-state index is -0.161. The summed E-state index contributed by atoms with van der Waals surface area (Å²) in [6, 6.07) is 2.13. The van der Waals surface area contributed by atoms with Crippen LogP contribution in [0.3, 0.4) is 0 Å². The predicted octanol–water partition coefficient (Wildman–Crippen LogP) is 3.02. The summed E-state index contributed by atoms with van der Waals surface area (Å²) in [4.78, 5) is 17.1. The van der Waals surface area contributed by atoms with Gasteiger partial charge in [0.15, 0.2) is 5.69 Å². The molecule has 2 aromatic heterocycles. The summed E-state index contributed by atoms with van der Waals surface area (Å²) in [6.45, 7) is 8.25. The number of hydrogen-bond acceptors (Lipinski definition) is 5. The zero-order valence-electron chi connectivity index (χ0n) is 14.5. The standard InChI is InChI=1S/C17H25N5OS/c1-11(2)9-15-17(24-12(3)19-15)20-16(23)14-6-8-22(21-14)13-5-4-7-18-10-13/h6,8,11,13,18H,4-5,7,9-10H2,1-3H3,(H,20,23). The van der Waals surface area contributed by atoms with Crippen molar-refractivity contribution in [2.24, 2.45) is 5.92 Å². The van der Waals surface area contributed by atoms with Gasteiger partial charge in [0, 0.05) is 12.7 Å². The van der Waals surface area contributed by atoms with E-state index in [9.17, 15) is 4.79 Å². The van der Waals surface area contributed by atoms with E-state index >= 15 is 0 Å². The maximum Gasteiger partial charge on any atom is 0.276 e. The van der Waals surface area contributed by atoms with Crippen molar-refractivity contribution in [3.63, 3.8) is 0 Å². The third-order valence-corrected chi connectivity index (χ3v) is 5.05. The summed E-state index contributed by atoms with van der Waals surface area (Å²) in [5, 5.41) is 12.7. The summed E-state index contributed by atoms with van der Waals surface area (Å²) >= 11 is 1.53. The van der Waals surface area contributed by atoms with Gasteiger partial charge in [-0.25, -0.2) is 4.98 Å². The van der Waals surface area contributed by atoms with Gasteiger partial charge in [0.2, 0.25) is 0 Å². The SMILES string of the molecule is Cc1nc(CC(C)C)c(NC(=O)c2ccn(C3CCCNC3)n2)s1. The summed E-state index contributed by atoms with van der Waals surface area (Å²) < 4.78 is 1.91. The molecule has 3 rings (SSSR count). The molecule has 0 radical (unpaired) electrons. The summed E-state index contributed by atoms with van der Waals surface area (Å²) in [7, 11) is 0. The summed E-state index contributed by atoms with van der Waals surface area (Å²) in [5.74, 6) is 0.339. The number of rotatable bonds is 5. The van der Waals surface area contributed by atoms with E-state index in [0.29, 0.717) is 17.7 Å². The zero-order valence-corrected chi connectivity index (χ0v) is 15.3. The Bertz CT molecular complexity index is 700. The third-order valence-electron chi connectivity index (χ3n) is 4.12. The van der Waals surface area contributed by atoms with Crippen LogP contribution in [0.5, 0.6) is 0 Å². The Morgan fingerprint density at radius 1 is 1.54 bits per heavy atom. The zero-order chi connectivity index (χ0) is 17.1. The number of thiazole rings is 1. The van der Waals surface area contributed by atoms with Gasteiger partial charge in [0.1, 0.15) is 5.00 Å². The second kappa shape index (κ2) is 7.44. The van der Waals surface area contributed by atoms with Gasteiger partial charge in [0.05, 0.1) is 16.7 Å². The molecule has 6 nitrogen and oxygen atoms in total. The lowest BCUT2D eigenvalue weighted by molar-refractivity contribution is 0.102. The molecule has 130 valence electrons.